The van der Waals surface area contributed by atoms with E-state index in [-0.39, 0.29) is 11.9 Å². The molecule has 3 nitrogen and oxygen atoms in total. The number of likely N-dealkylation sites (N-methyl/N-ethyl adjacent to an activating group) is 1. The highest BCUT2D eigenvalue weighted by Gasteiger charge is 2.25. The summed E-state index contributed by atoms with van der Waals surface area (Å²) in [5.74, 6) is 0.0550. The van der Waals surface area contributed by atoms with Crippen molar-refractivity contribution in [3.8, 4) is 0 Å². The molecule has 4 heteroatoms. The summed E-state index contributed by atoms with van der Waals surface area (Å²) < 4.78 is 0. The number of hydrogen-bond donors (Lipinski definition) is 2. The van der Waals surface area contributed by atoms with E-state index < -0.39 is 0 Å². The van der Waals surface area contributed by atoms with Crippen molar-refractivity contribution in [2.75, 3.05) is 13.6 Å². The summed E-state index contributed by atoms with van der Waals surface area (Å²) in [6.45, 7) is 0.894. The summed E-state index contributed by atoms with van der Waals surface area (Å²) in [7, 11) is 1.67. The van der Waals surface area contributed by atoms with Gasteiger partial charge >= 0.3 is 0 Å². The normalized spacial score (nSPS) is 20.8. The van der Waals surface area contributed by atoms with Gasteiger partial charge in [-0.1, -0.05) is 0 Å². The Bertz CT molecular complexity index is 321. The van der Waals surface area contributed by atoms with Crippen LogP contribution in [-0.2, 0) is 11.2 Å². The van der Waals surface area contributed by atoms with Crippen LogP contribution < -0.4 is 10.6 Å². The first-order valence-corrected chi connectivity index (χ1v) is 5.22. The standard InChI is InChI=1S/C9H12N2OS/c1-10-9(12)8-6-3-5-13-7(6)2-4-11-8/h3,5,8,11H,2,4H2,1H3,(H,10,12)/t8-/m1/s1. The van der Waals surface area contributed by atoms with Crippen molar-refractivity contribution in [3.63, 3.8) is 0 Å². The van der Waals surface area contributed by atoms with Crippen LogP contribution in [0.5, 0.6) is 0 Å². The Morgan fingerprint density at radius 2 is 2.62 bits per heavy atom. The first-order valence-electron chi connectivity index (χ1n) is 4.34. The molecule has 2 N–H and O–H groups in total. The molecule has 0 fully saturated rings. The van der Waals surface area contributed by atoms with Gasteiger partial charge in [-0.2, -0.15) is 0 Å². The van der Waals surface area contributed by atoms with Crippen LogP contribution in [0.1, 0.15) is 16.5 Å². The van der Waals surface area contributed by atoms with Crippen molar-refractivity contribution in [1.82, 2.24) is 10.6 Å². The van der Waals surface area contributed by atoms with Gasteiger partial charge in [-0.25, -0.2) is 0 Å². The molecule has 0 saturated carbocycles. The first-order chi connectivity index (χ1) is 6.33. The van der Waals surface area contributed by atoms with E-state index >= 15 is 0 Å². The van der Waals surface area contributed by atoms with Crippen LogP contribution in [0.3, 0.4) is 0 Å². The number of carbonyl (C=O) groups is 1. The molecule has 2 rings (SSSR count). The Kier molecular flexibility index (Phi) is 2.33. The third kappa shape index (κ3) is 1.47. The lowest BCUT2D eigenvalue weighted by Gasteiger charge is -2.22. The zero-order valence-electron chi connectivity index (χ0n) is 7.46. The van der Waals surface area contributed by atoms with E-state index in [1.54, 1.807) is 18.4 Å². The van der Waals surface area contributed by atoms with Gasteiger partial charge in [0, 0.05) is 18.5 Å². The molecule has 0 radical (unpaired) electrons. The Hall–Kier alpha value is -0.870. The van der Waals surface area contributed by atoms with E-state index in [4.69, 9.17) is 0 Å². The van der Waals surface area contributed by atoms with Gasteiger partial charge in [0.25, 0.3) is 0 Å². The highest BCUT2D eigenvalue weighted by molar-refractivity contribution is 7.10. The second-order valence-electron chi connectivity index (χ2n) is 3.05. The van der Waals surface area contributed by atoms with E-state index in [1.165, 1.54) is 4.88 Å². The molecule has 0 aliphatic carbocycles. The van der Waals surface area contributed by atoms with Crippen LogP contribution >= 0.6 is 11.3 Å². The van der Waals surface area contributed by atoms with Crippen molar-refractivity contribution >= 4 is 17.2 Å². The number of amides is 1. The predicted octanol–water partition coefficient (Wildman–Crippen LogP) is 0.681. The predicted molar refractivity (Wildman–Crippen MR) is 52.8 cm³/mol. The number of rotatable bonds is 1. The first kappa shape index (κ1) is 8.72. The van der Waals surface area contributed by atoms with Gasteiger partial charge in [-0.15, -0.1) is 11.3 Å². The number of carbonyl (C=O) groups excluding carboxylic acids is 1. The number of hydrogen-bond acceptors (Lipinski definition) is 3. The van der Waals surface area contributed by atoms with Crippen molar-refractivity contribution < 1.29 is 4.79 Å². The maximum atomic E-state index is 11.5. The fourth-order valence-corrected chi connectivity index (χ4v) is 2.55. The lowest BCUT2D eigenvalue weighted by Crippen LogP contribution is -2.39. The molecule has 13 heavy (non-hydrogen) atoms. The molecule has 0 spiro atoms. The number of nitrogens with one attached hydrogen (secondary N) is 2. The van der Waals surface area contributed by atoms with Crippen LogP contribution in [0.15, 0.2) is 11.4 Å². The van der Waals surface area contributed by atoms with E-state index in [0.29, 0.717) is 0 Å². The molecular formula is C9H12N2OS. The molecule has 1 aromatic rings. The van der Waals surface area contributed by atoms with Crippen LogP contribution in [0, 0.1) is 0 Å². The quantitative estimate of drug-likeness (QED) is 0.693. The zero-order valence-corrected chi connectivity index (χ0v) is 8.28. The van der Waals surface area contributed by atoms with Crippen LogP contribution in [-0.4, -0.2) is 19.5 Å². The van der Waals surface area contributed by atoms with Gasteiger partial charge in [0.15, 0.2) is 0 Å². The van der Waals surface area contributed by atoms with E-state index in [1.807, 2.05) is 11.4 Å². The SMILES string of the molecule is CNC(=O)[C@@H]1NCCc2sccc21. The summed E-state index contributed by atoms with van der Waals surface area (Å²) >= 11 is 1.74. The van der Waals surface area contributed by atoms with Crippen LogP contribution in [0.4, 0.5) is 0 Å². The highest BCUT2D eigenvalue weighted by atomic mass is 32.1. The third-order valence-corrected chi connectivity index (χ3v) is 3.30. The molecule has 1 aromatic heterocycles. The minimum Gasteiger partial charge on any atom is -0.358 e. The smallest absolute Gasteiger partial charge is 0.241 e. The van der Waals surface area contributed by atoms with E-state index in [0.717, 1.165) is 18.5 Å². The van der Waals surface area contributed by atoms with E-state index in [9.17, 15) is 4.79 Å². The van der Waals surface area contributed by atoms with E-state index in [2.05, 4.69) is 10.6 Å². The Morgan fingerprint density at radius 1 is 1.77 bits per heavy atom. The van der Waals surface area contributed by atoms with Gasteiger partial charge in [0.2, 0.25) is 5.91 Å². The average Bonchev–Trinajstić information content (AvgIpc) is 2.63. The molecule has 70 valence electrons. The molecule has 2 heterocycles. The molecular weight excluding hydrogens is 184 g/mol. The minimum atomic E-state index is -0.139. The second-order valence-corrected chi connectivity index (χ2v) is 4.05. The number of fused-ring (bicyclic) bond motifs is 1. The topological polar surface area (TPSA) is 41.1 Å². The monoisotopic (exact) mass is 196 g/mol. The van der Waals surface area contributed by atoms with Gasteiger partial charge in [0.05, 0.1) is 0 Å². The largest absolute Gasteiger partial charge is 0.358 e. The van der Waals surface area contributed by atoms with Crippen molar-refractivity contribution in [3.05, 3.63) is 21.9 Å². The van der Waals surface area contributed by atoms with Crippen molar-refractivity contribution in [1.29, 1.82) is 0 Å². The summed E-state index contributed by atoms with van der Waals surface area (Å²) in [4.78, 5) is 12.8. The maximum Gasteiger partial charge on any atom is 0.241 e. The zero-order chi connectivity index (χ0) is 9.26. The molecule has 0 bridgehead atoms. The fraction of sp³-hybridized carbons (Fsp3) is 0.444. The lowest BCUT2D eigenvalue weighted by molar-refractivity contribution is -0.122. The molecule has 0 unspecified atom stereocenters. The lowest BCUT2D eigenvalue weighted by atomic mass is 10.0. The molecule has 0 saturated heterocycles. The summed E-state index contributed by atoms with van der Waals surface area (Å²) in [6.07, 6.45) is 1.04. The van der Waals surface area contributed by atoms with Crippen LogP contribution in [0.25, 0.3) is 0 Å². The van der Waals surface area contributed by atoms with Gasteiger partial charge in [-0.3, -0.25) is 4.79 Å². The van der Waals surface area contributed by atoms with Crippen molar-refractivity contribution in [2.24, 2.45) is 0 Å². The Morgan fingerprint density at radius 3 is 3.38 bits per heavy atom. The summed E-state index contributed by atoms with van der Waals surface area (Å²) in [5.41, 5.74) is 1.15. The average molecular weight is 196 g/mol. The fourth-order valence-electron chi connectivity index (χ4n) is 1.63. The number of thiophene rings is 1. The molecule has 1 amide bonds. The maximum absolute atomic E-state index is 11.5. The molecule has 0 aromatic carbocycles. The van der Waals surface area contributed by atoms with Crippen LogP contribution in [0.2, 0.25) is 0 Å². The highest BCUT2D eigenvalue weighted by Crippen LogP contribution is 2.27. The summed E-state index contributed by atoms with van der Waals surface area (Å²) in [6, 6.07) is 1.89. The Balaban J connectivity index is 2.30. The Labute approximate surface area is 81.2 Å². The van der Waals surface area contributed by atoms with Crippen molar-refractivity contribution in [2.45, 2.75) is 12.5 Å². The summed E-state index contributed by atoms with van der Waals surface area (Å²) in [5, 5.41) is 7.92. The second kappa shape index (κ2) is 3.47. The molecule has 1 atom stereocenters. The minimum absolute atomic E-state index is 0.0550. The van der Waals surface area contributed by atoms with Gasteiger partial charge in [0.1, 0.15) is 6.04 Å². The molecule has 1 aliphatic rings. The van der Waals surface area contributed by atoms with Gasteiger partial charge < -0.3 is 10.6 Å². The third-order valence-electron chi connectivity index (χ3n) is 2.30. The van der Waals surface area contributed by atoms with Gasteiger partial charge in [-0.05, 0) is 23.4 Å². The molecule has 1 aliphatic heterocycles.